The summed E-state index contributed by atoms with van der Waals surface area (Å²) in [5.74, 6) is 6.24. The molecule has 2 saturated heterocycles. The van der Waals surface area contributed by atoms with Crippen LogP contribution >= 0.6 is 0 Å². The molecule has 23 rings (SSSR count). The smallest absolute Gasteiger partial charge is 0.262 e. The summed E-state index contributed by atoms with van der Waals surface area (Å²) in [7, 11) is 0. The minimum Gasteiger partial charge on any atom is -0.475 e. The molecule has 1 saturated carbocycles. The van der Waals surface area contributed by atoms with Gasteiger partial charge in [-0.05, 0) is 189 Å². The van der Waals surface area contributed by atoms with Crippen LogP contribution in [0, 0.1) is 5.92 Å². The van der Waals surface area contributed by atoms with E-state index in [1.54, 1.807) is 31.0 Å². The summed E-state index contributed by atoms with van der Waals surface area (Å²) in [6, 6.07) is 49.4. The van der Waals surface area contributed by atoms with Crippen molar-refractivity contribution in [3.05, 3.63) is 205 Å². The minimum absolute atomic E-state index is 0.122. The lowest BCUT2D eigenvalue weighted by Crippen LogP contribution is -2.45. The Balaban J connectivity index is 0.000000100. The Hall–Kier alpha value is -14.7. The number of fused-ring (bicyclic) bond motifs is 10. The fourth-order valence-electron chi connectivity index (χ4n) is 15.7. The predicted octanol–water partition coefficient (Wildman–Crippen LogP) is 18.1. The van der Waals surface area contributed by atoms with Crippen LogP contribution in [0.5, 0.6) is 11.8 Å². The van der Waals surface area contributed by atoms with E-state index in [0.717, 1.165) is 182 Å². The summed E-state index contributed by atoms with van der Waals surface area (Å²) in [5.41, 5.74) is 21.5. The highest BCUT2D eigenvalue weighted by Crippen LogP contribution is 2.38. The molecule has 1 aliphatic carbocycles. The van der Waals surface area contributed by atoms with E-state index in [0.29, 0.717) is 58.6 Å². The Morgan fingerprint density at radius 3 is 1.50 bits per heavy atom. The van der Waals surface area contributed by atoms with Gasteiger partial charge >= 0.3 is 0 Å². The lowest BCUT2D eigenvalue weighted by atomic mass is 9.90. The van der Waals surface area contributed by atoms with E-state index in [9.17, 15) is 0 Å². The van der Waals surface area contributed by atoms with E-state index in [4.69, 9.17) is 32.5 Å². The molecule has 13 aromatic heterocycles. The van der Waals surface area contributed by atoms with Gasteiger partial charge in [-0.25, -0.2) is 4.98 Å². The molecular formula is C88H86N26O7. The molecule has 610 valence electrons. The minimum atomic E-state index is 0.122. The fourth-order valence-corrected chi connectivity index (χ4v) is 15.7. The Kier molecular flexibility index (Phi) is 21.7. The molecule has 10 N–H and O–H groups in total. The van der Waals surface area contributed by atoms with Crippen molar-refractivity contribution in [2.45, 2.75) is 110 Å². The Labute approximate surface area is 690 Å². The maximum absolute atomic E-state index is 5.98. The number of benzene rings is 5. The Morgan fingerprint density at radius 1 is 0.455 bits per heavy atom. The third-order valence-corrected chi connectivity index (χ3v) is 21.8. The average Bonchev–Trinajstić information content (AvgIpc) is 1.66. The molecule has 33 heteroatoms. The summed E-state index contributed by atoms with van der Waals surface area (Å²) in [6.07, 6.45) is 18.4. The zero-order chi connectivity index (χ0) is 81.5. The molecule has 121 heavy (non-hydrogen) atoms. The number of H-pyrrole nitrogens is 5. The summed E-state index contributed by atoms with van der Waals surface area (Å²) in [4.78, 5) is 32.9. The fraction of sp³-hybridized carbons (Fsp3) is 0.261. The number of aromatic amines is 5. The van der Waals surface area contributed by atoms with Gasteiger partial charge in [-0.3, -0.25) is 55.4 Å². The van der Waals surface area contributed by atoms with Crippen LogP contribution in [0.2, 0.25) is 0 Å². The number of rotatable bonds is 17. The summed E-state index contributed by atoms with van der Waals surface area (Å²) in [6.45, 7) is 13.7. The third kappa shape index (κ3) is 16.8. The quantitative estimate of drug-likeness (QED) is 0.0405. The number of pyridine rings is 5. The third-order valence-electron chi connectivity index (χ3n) is 21.8. The number of anilines is 11. The predicted molar refractivity (Wildman–Crippen MR) is 466 cm³/mol. The molecule has 2 unspecified atom stereocenters. The van der Waals surface area contributed by atoms with Gasteiger partial charge in [-0.1, -0.05) is 43.5 Å². The van der Waals surface area contributed by atoms with Crippen LogP contribution in [0.3, 0.4) is 0 Å². The lowest BCUT2D eigenvalue weighted by molar-refractivity contribution is -0.00553. The lowest BCUT2D eigenvalue weighted by Gasteiger charge is -2.35. The maximum atomic E-state index is 5.98. The monoisotopic (exact) mass is 1620 g/mol. The molecule has 0 bridgehead atoms. The number of aromatic nitrogens is 18. The molecule has 0 radical (unpaired) electrons. The van der Waals surface area contributed by atoms with Crippen LogP contribution in [0.4, 0.5) is 63.3 Å². The molecule has 5 aromatic carbocycles. The largest absolute Gasteiger partial charge is 0.475 e. The second-order valence-electron chi connectivity index (χ2n) is 30.3. The van der Waals surface area contributed by atoms with Gasteiger partial charge in [0, 0.05) is 126 Å². The van der Waals surface area contributed by atoms with E-state index in [-0.39, 0.29) is 18.3 Å². The molecular weight excluding hydrogens is 1530 g/mol. The maximum Gasteiger partial charge on any atom is 0.262 e. The average molecular weight is 1620 g/mol. The van der Waals surface area contributed by atoms with Crippen molar-refractivity contribution in [2.75, 3.05) is 64.4 Å². The molecule has 4 aliphatic heterocycles. The molecule has 2 atom stereocenters. The highest BCUT2D eigenvalue weighted by molar-refractivity contribution is 6.05. The number of ether oxygens (including phenoxy) is 4. The summed E-state index contributed by atoms with van der Waals surface area (Å²) < 4.78 is 39.6. The highest BCUT2D eigenvalue weighted by atomic mass is 16.6. The molecule has 0 amide bonds. The number of morpholine rings is 1. The van der Waals surface area contributed by atoms with Crippen molar-refractivity contribution >= 4 is 163 Å². The molecule has 18 aromatic rings. The van der Waals surface area contributed by atoms with Gasteiger partial charge in [0.15, 0.2) is 51.5 Å². The zero-order valence-electron chi connectivity index (χ0n) is 66.7. The highest BCUT2D eigenvalue weighted by Gasteiger charge is 2.28. The van der Waals surface area contributed by atoms with Gasteiger partial charge in [0.2, 0.25) is 0 Å². The van der Waals surface area contributed by atoms with Crippen LogP contribution in [-0.2, 0) is 22.6 Å². The summed E-state index contributed by atoms with van der Waals surface area (Å²) >= 11 is 0. The van der Waals surface area contributed by atoms with Crippen molar-refractivity contribution in [1.29, 1.82) is 0 Å². The first-order valence-corrected chi connectivity index (χ1v) is 40.6. The first kappa shape index (κ1) is 76.3. The topological polar surface area (TPSA) is 411 Å². The van der Waals surface area contributed by atoms with Gasteiger partial charge in [-0.2, -0.15) is 25.5 Å². The second kappa shape index (κ2) is 34.5. The van der Waals surface area contributed by atoms with Crippen LogP contribution < -0.4 is 41.0 Å². The van der Waals surface area contributed by atoms with E-state index >= 15 is 0 Å². The van der Waals surface area contributed by atoms with Gasteiger partial charge in [0.1, 0.15) is 34.0 Å². The van der Waals surface area contributed by atoms with Crippen LogP contribution in [0.15, 0.2) is 206 Å². The van der Waals surface area contributed by atoms with Crippen LogP contribution in [0.25, 0.3) is 88.1 Å². The van der Waals surface area contributed by atoms with Crippen molar-refractivity contribution in [3.8, 4) is 11.8 Å². The molecule has 5 aliphatic rings. The Bertz CT molecular complexity index is 6750. The van der Waals surface area contributed by atoms with Gasteiger partial charge < -0.3 is 64.0 Å². The molecule has 3 fully saturated rings. The van der Waals surface area contributed by atoms with Crippen molar-refractivity contribution in [2.24, 2.45) is 15.9 Å². The van der Waals surface area contributed by atoms with Gasteiger partial charge in [0.25, 0.3) is 11.8 Å². The number of nitrogens with zero attached hydrogens (tertiary/aromatic N) is 16. The first-order chi connectivity index (χ1) is 59.6. The first-order valence-electron chi connectivity index (χ1n) is 40.6. The number of hydrogen-bond donors (Lipinski definition) is 10. The molecule has 17 heterocycles. The van der Waals surface area contributed by atoms with E-state index < -0.39 is 0 Å². The normalized spacial score (nSPS) is 15.9. The van der Waals surface area contributed by atoms with E-state index in [2.05, 4.69) is 190 Å². The van der Waals surface area contributed by atoms with Gasteiger partial charge in [-0.15, -0.1) is 0 Å². The number of nitrogens with one attached hydrogen (secondary N) is 10. The SMILES string of the molecule is CC1=NCc2ccc(Nc3[nH]nc4ncccc34)cc21.CC1CN(c2noc3cc(Nc4n[nH]c5cccnc45)ccc23)CC(C)O1.CCC1=NCc2ccc(Nc3n[nH]c4cccnc34)cc21.c1cnc2c(Nc3ccc4c(OC5CCOCC5)noc4c3)n[nH]c2c1.c1cnc2c(Nc3ccc4c(OCC5CCCCC5)noc4c3)n[nH]c2c1. The molecule has 33 nitrogen and oxygen atoms in total. The van der Waals surface area contributed by atoms with Gasteiger partial charge in [0.05, 0.1) is 88.7 Å². The molecule has 0 spiro atoms. The van der Waals surface area contributed by atoms with Crippen molar-refractivity contribution < 1.29 is 32.5 Å². The second-order valence-corrected chi connectivity index (χ2v) is 30.3. The van der Waals surface area contributed by atoms with Crippen molar-refractivity contribution in [1.82, 2.24) is 91.4 Å². The van der Waals surface area contributed by atoms with E-state index in [1.165, 1.54) is 60.1 Å². The Morgan fingerprint density at radius 2 is 0.926 bits per heavy atom. The summed E-state index contributed by atoms with van der Waals surface area (Å²) in [5, 5.41) is 69.0. The zero-order valence-corrected chi connectivity index (χ0v) is 66.7. The van der Waals surface area contributed by atoms with Crippen molar-refractivity contribution in [3.63, 3.8) is 0 Å². The van der Waals surface area contributed by atoms with Crippen LogP contribution in [-0.4, -0.2) is 154 Å². The van der Waals surface area contributed by atoms with E-state index in [1.807, 2.05) is 122 Å². The van der Waals surface area contributed by atoms with Crippen LogP contribution in [0.1, 0.15) is 101 Å². The number of aliphatic imine (C=N–C) groups is 2. The standard InChI is InChI=1S/C20H21N5O2.C19H20N6O2.C18H17N5O3.C16H15N5.C15H13N5/c1-2-5-13(6-3-1)12-26-20-15-9-8-14(11-17(15)27-25-20)22-19-18-16(23-24-19)7-4-10-21-18;1-11-9-25(10-12(2)26-11)19-14-6-5-13(8-16(14)27-24-19)21-18-17-15(22-23-18)4-3-7-20-17;1-2-14-16(19-7-1)17(22-21-14)20-11-3-4-13-15(10-11)26-23-18(13)25-12-5-8-24-9-6-12;1-2-13-12-8-11(6-5-10(12)9-18-13)19-16-15-14(20-21-16)4-3-7-17-15;1-9-13-7-11(5-4-10(13)8-17-9)18-15-12-3-2-6-16-14(12)19-20-15/h4,7-11,13H,1-3,5-6,12H2,(H2,22,23,24);3-8,11-12H,9-10H2,1-2H3,(H2,21,22,23);1-4,7,10,12H,5-6,8-9H2,(H2,20,21,22);3-8H,2,9H2,1H3,(H2,19,20,21);2-7H,8H2,1H3,(H2,16,18,19,20). The number of hydrogen-bond acceptors (Lipinski definition) is 28.